The second kappa shape index (κ2) is 6.55. The Labute approximate surface area is 155 Å². The molecule has 6 nitrogen and oxygen atoms in total. The van der Waals surface area contributed by atoms with E-state index in [0.717, 1.165) is 35.6 Å². The van der Waals surface area contributed by atoms with E-state index in [0.29, 0.717) is 29.6 Å². The summed E-state index contributed by atoms with van der Waals surface area (Å²) in [6.45, 7) is 0.259. The number of piperidine rings is 1. The number of ether oxygens (including phenoxy) is 2. The van der Waals surface area contributed by atoms with Gasteiger partial charge in [-0.3, -0.25) is 4.79 Å². The molecule has 1 aromatic heterocycles. The van der Waals surface area contributed by atoms with Crippen LogP contribution in [-0.4, -0.2) is 29.8 Å². The highest BCUT2D eigenvalue weighted by Crippen LogP contribution is 2.37. The Morgan fingerprint density at radius 3 is 2.88 bits per heavy atom. The average Bonchev–Trinajstić information content (AvgIpc) is 3.34. The van der Waals surface area contributed by atoms with Gasteiger partial charge in [-0.1, -0.05) is 0 Å². The Bertz CT molecular complexity index is 825. The molecule has 0 aliphatic carbocycles. The van der Waals surface area contributed by atoms with E-state index in [9.17, 15) is 4.79 Å². The number of thiazole rings is 1. The van der Waals surface area contributed by atoms with E-state index >= 15 is 0 Å². The van der Waals surface area contributed by atoms with Crippen molar-refractivity contribution < 1.29 is 14.3 Å². The Kier molecular flexibility index (Phi) is 4.05. The molecule has 3 aliphatic rings. The minimum Gasteiger partial charge on any atom is -0.454 e. The van der Waals surface area contributed by atoms with Crippen molar-refractivity contribution in [1.82, 2.24) is 10.3 Å². The summed E-state index contributed by atoms with van der Waals surface area (Å²) in [7, 11) is 0. The van der Waals surface area contributed by atoms with Crippen molar-refractivity contribution in [2.45, 2.75) is 44.2 Å². The molecule has 0 saturated carbocycles. The molecule has 1 aromatic carbocycles. The third-order valence-electron chi connectivity index (χ3n) is 5.46. The van der Waals surface area contributed by atoms with Gasteiger partial charge in [0.05, 0.1) is 5.69 Å². The summed E-state index contributed by atoms with van der Waals surface area (Å²) in [6, 6.07) is 7.00. The number of amides is 1. The number of aromatic nitrogens is 1. The molecule has 2 aromatic rings. The normalized spacial score (nSPS) is 26.1. The SMILES string of the molecule is O=C(CC1CC2CCC(C1)N2)Nc1nc(-c2ccc3c(c2)OCO3)cs1. The molecule has 0 radical (unpaired) electrons. The van der Waals surface area contributed by atoms with Gasteiger partial charge in [-0.2, -0.15) is 0 Å². The van der Waals surface area contributed by atoms with Crippen molar-refractivity contribution in [1.29, 1.82) is 0 Å². The van der Waals surface area contributed by atoms with Crippen molar-refractivity contribution in [3.8, 4) is 22.8 Å². The summed E-state index contributed by atoms with van der Waals surface area (Å²) >= 11 is 1.45. The molecule has 7 heteroatoms. The van der Waals surface area contributed by atoms with Gasteiger partial charge >= 0.3 is 0 Å². The monoisotopic (exact) mass is 371 g/mol. The number of nitrogens with zero attached hydrogens (tertiary/aromatic N) is 1. The Hall–Kier alpha value is -2.12. The highest BCUT2D eigenvalue weighted by atomic mass is 32.1. The number of hydrogen-bond acceptors (Lipinski definition) is 6. The fourth-order valence-corrected chi connectivity index (χ4v) is 5.03. The van der Waals surface area contributed by atoms with Crippen molar-refractivity contribution in [2.75, 3.05) is 12.1 Å². The highest BCUT2D eigenvalue weighted by molar-refractivity contribution is 7.14. The van der Waals surface area contributed by atoms with Crippen molar-refractivity contribution in [3.05, 3.63) is 23.6 Å². The third kappa shape index (κ3) is 3.17. The number of carbonyl (C=O) groups excluding carboxylic acids is 1. The predicted molar refractivity (Wildman–Crippen MR) is 99.6 cm³/mol. The molecule has 4 heterocycles. The largest absolute Gasteiger partial charge is 0.454 e. The van der Waals surface area contributed by atoms with Crippen LogP contribution in [0.5, 0.6) is 11.5 Å². The van der Waals surface area contributed by atoms with E-state index in [2.05, 4.69) is 15.6 Å². The number of rotatable bonds is 4. The lowest BCUT2D eigenvalue weighted by Crippen LogP contribution is -2.39. The number of benzene rings is 1. The molecule has 136 valence electrons. The third-order valence-corrected chi connectivity index (χ3v) is 6.22. The molecule has 2 bridgehead atoms. The van der Waals surface area contributed by atoms with Gasteiger partial charge in [0.2, 0.25) is 12.7 Å². The van der Waals surface area contributed by atoms with Crippen LogP contribution in [0, 0.1) is 5.92 Å². The smallest absolute Gasteiger partial charge is 0.231 e. The summed E-state index contributed by atoms with van der Waals surface area (Å²) in [4.78, 5) is 17.0. The zero-order valence-electron chi connectivity index (χ0n) is 14.4. The van der Waals surface area contributed by atoms with Gasteiger partial charge < -0.3 is 20.1 Å². The first kappa shape index (κ1) is 16.1. The van der Waals surface area contributed by atoms with Crippen LogP contribution in [-0.2, 0) is 4.79 Å². The lowest BCUT2D eigenvalue weighted by atomic mass is 9.89. The second-order valence-corrected chi connectivity index (χ2v) is 8.19. The van der Waals surface area contributed by atoms with Crippen LogP contribution in [0.15, 0.2) is 23.6 Å². The number of anilines is 1. The van der Waals surface area contributed by atoms with Crippen molar-refractivity contribution in [2.24, 2.45) is 5.92 Å². The molecule has 2 saturated heterocycles. The van der Waals surface area contributed by atoms with Gasteiger partial charge in [-0.15, -0.1) is 11.3 Å². The topological polar surface area (TPSA) is 72.5 Å². The van der Waals surface area contributed by atoms with Gasteiger partial charge in [-0.25, -0.2) is 4.98 Å². The molecule has 1 amide bonds. The van der Waals surface area contributed by atoms with Crippen LogP contribution in [0.4, 0.5) is 5.13 Å². The van der Waals surface area contributed by atoms with Crippen LogP contribution < -0.4 is 20.1 Å². The van der Waals surface area contributed by atoms with Crippen LogP contribution in [0.25, 0.3) is 11.3 Å². The first-order valence-electron chi connectivity index (χ1n) is 9.14. The zero-order valence-corrected chi connectivity index (χ0v) is 15.2. The van der Waals surface area contributed by atoms with Crippen LogP contribution >= 0.6 is 11.3 Å². The lowest BCUT2D eigenvalue weighted by Gasteiger charge is -2.28. The summed E-state index contributed by atoms with van der Waals surface area (Å²) in [5.74, 6) is 2.06. The lowest BCUT2D eigenvalue weighted by molar-refractivity contribution is -0.117. The summed E-state index contributed by atoms with van der Waals surface area (Å²) in [5, 5.41) is 9.20. The van der Waals surface area contributed by atoms with Gasteiger partial charge in [-0.05, 0) is 49.8 Å². The van der Waals surface area contributed by atoms with E-state index < -0.39 is 0 Å². The van der Waals surface area contributed by atoms with Crippen molar-refractivity contribution in [3.63, 3.8) is 0 Å². The molecular formula is C19H21N3O3S. The number of hydrogen-bond donors (Lipinski definition) is 2. The fourth-order valence-electron chi connectivity index (χ4n) is 4.29. The first-order chi connectivity index (χ1) is 12.7. The number of carbonyl (C=O) groups is 1. The van der Waals surface area contributed by atoms with Crippen molar-refractivity contribution >= 4 is 22.4 Å². The maximum atomic E-state index is 12.4. The van der Waals surface area contributed by atoms with E-state index in [4.69, 9.17) is 9.47 Å². The Morgan fingerprint density at radius 1 is 1.23 bits per heavy atom. The molecule has 3 aliphatic heterocycles. The summed E-state index contributed by atoms with van der Waals surface area (Å²) in [6.07, 6.45) is 5.34. The molecule has 5 rings (SSSR count). The van der Waals surface area contributed by atoms with Gasteiger partial charge in [0, 0.05) is 29.4 Å². The van der Waals surface area contributed by atoms with Crippen LogP contribution in [0.1, 0.15) is 32.1 Å². The maximum absolute atomic E-state index is 12.4. The minimum absolute atomic E-state index is 0.0721. The number of nitrogens with one attached hydrogen (secondary N) is 2. The summed E-state index contributed by atoms with van der Waals surface area (Å²) < 4.78 is 10.8. The maximum Gasteiger partial charge on any atom is 0.231 e. The molecule has 2 fully saturated rings. The first-order valence-corrected chi connectivity index (χ1v) is 10.0. The second-order valence-electron chi connectivity index (χ2n) is 7.33. The van der Waals surface area contributed by atoms with Gasteiger partial charge in [0.1, 0.15) is 0 Å². The molecular weight excluding hydrogens is 350 g/mol. The van der Waals surface area contributed by atoms with Gasteiger partial charge in [0.15, 0.2) is 16.6 Å². The van der Waals surface area contributed by atoms with Crippen LogP contribution in [0.3, 0.4) is 0 Å². The Morgan fingerprint density at radius 2 is 2.04 bits per heavy atom. The molecule has 2 N–H and O–H groups in total. The van der Waals surface area contributed by atoms with E-state index in [-0.39, 0.29) is 12.7 Å². The average molecular weight is 371 g/mol. The summed E-state index contributed by atoms with van der Waals surface area (Å²) in [5.41, 5.74) is 1.80. The molecule has 0 spiro atoms. The zero-order chi connectivity index (χ0) is 17.5. The molecule has 26 heavy (non-hydrogen) atoms. The Balaban J connectivity index is 1.22. The fraction of sp³-hybridized carbons (Fsp3) is 0.474. The molecule has 2 unspecified atom stereocenters. The van der Waals surface area contributed by atoms with E-state index in [1.165, 1.54) is 24.2 Å². The standard InChI is InChI=1S/C19H21N3O3S/c23-18(7-11-5-13-2-3-14(6-11)20-13)22-19-21-15(9-26-19)12-1-4-16-17(8-12)25-10-24-16/h1,4,8-9,11,13-14,20H,2-3,5-7,10H2,(H,21,22,23). The number of fused-ring (bicyclic) bond motifs is 3. The molecule has 2 atom stereocenters. The predicted octanol–water partition coefficient (Wildman–Crippen LogP) is 3.40. The van der Waals surface area contributed by atoms with E-state index in [1.54, 1.807) is 0 Å². The van der Waals surface area contributed by atoms with E-state index in [1.807, 2.05) is 23.6 Å². The van der Waals surface area contributed by atoms with Gasteiger partial charge in [0.25, 0.3) is 0 Å². The quantitative estimate of drug-likeness (QED) is 0.862. The minimum atomic E-state index is 0.0721. The van der Waals surface area contributed by atoms with Crippen LogP contribution in [0.2, 0.25) is 0 Å². The highest BCUT2D eigenvalue weighted by Gasteiger charge is 2.34.